The molecule has 2 fully saturated rings. The van der Waals surface area contributed by atoms with E-state index < -0.39 is 29.6 Å². The van der Waals surface area contributed by atoms with Crippen LogP contribution in [0.15, 0.2) is 66.7 Å². The highest BCUT2D eigenvalue weighted by molar-refractivity contribution is 5.95. The lowest BCUT2D eigenvalue weighted by atomic mass is 10.0. The number of hydrogen-bond acceptors (Lipinski definition) is 8. The molecule has 2 amide bonds. The smallest absolute Gasteiger partial charge is 0.331 e. The highest BCUT2D eigenvalue weighted by Crippen LogP contribution is 2.48. The van der Waals surface area contributed by atoms with Crippen LogP contribution in [0.1, 0.15) is 39.5 Å². The highest BCUT2D eigenvalue weighted by atomic mass is 16.5. The predicted molar refractivity (Wildman–Crippen MR) is 172 cm³/mol. The second-order valence-electron chi connectivity index (χ2n) is 12.5. The number of rotatable bonds is 5. The van der Waals surface area contributed by atoms with Crippen molar-refractivity contribution in [3.8, 4) is 22.8 Å². The van der Waals surface area contributed by atoms with Crippen LogP contribution in [0.5, 0.6) is 11.5 Å². The third kappa shape index (κ3) is 6.18. The number of methoxy groups -OCH3 is 2. The van der Waals surface area contributed by atoms with Crippen molar-refractivity contribution in [3.63, 3.8) is 0 Å². The summed E-state index contributed by atoms with van der Waals surface area (Å²) >= 11 is 0. The van der Waals surface area contributed by atoms with E-state index in [-0.39, 0.29) is 36.8 Å². The van der Waals surface area contributed by atoms with E-state index in [9.17, 15) is 14.4 Å². The van der Waals surface area contributed by atoms with E-state index in [1.807, 2.05) is 80.6 Å². The lowest BCUT2D eigenvalue weighted by molar-refractivity contribution is -0.149. The van der Waals surface area contributed by atoms with Gasteiger partial charge in [0.2, 0.25) is 11.8 Å². The molecular weight excluding hydrogens is 586 g/mol. The predicted octanol–water partition coefficient (Wildman–Crippen LogP) is 4.70. The number of esters is 1. The maximum absolute atomic E-state index is 14.0. The average molecular weight is 628 g/mol. The first kappa shape index (κ1) is 31.5. The largest absolute Gasteiger partial charge is 0.497 e. The molecule has 10 heteroatoms. The van der Waals surface area contributed by atoms with Gasteiger partial charge in [-0.2, -0.15) is 0 Å². The molecule has 1 unspecified atom stereocenters. The minimum absolute atomic E-state index is 0.0494. The zero-order chi connectivity index (χ0) is 32.4. The number of aromatic nitrogens is 1. The van der Waals surface area contributed by atoms with Gasteiger partial charge in [-0.25, -0.2) is 9.78 Å². The molecule has 6 atom stereocenters. The van der Waals surface area contributed by atoms with Gasteiger partial charge in [-0.15, -0.1) is 0 Å². The van der Waals surface area contributed by atoms with Crippen molar-refractivity contribution >= 4 is 28.7 Å². The third-order valence-corrected chi connectivity index (χ3v) is 9.59. The van der Waals surface area contributed by atoms with Crippen LogP contribution in [-0.4, -0.2) is 78.8 Å². The maximum Gasteiger partial charge on any atom is 0.331 e. The van der Waals surface area contributed by atoms with Crippen LogP contribution in [0.2, 0.25) is 0 Å². The Kier molecular flexibility index (Phi) is 8.99. The molecule has 1 saturated carbocycles. The fraction of sp³-hybridized carbons (Fsp3) is 0.444. The first-order chi connectivity index (χ1) is 22.2. The van der Waals surface area contributed by atoms with Gasteiger partial charge in [0.25, 0.3) is 0 Å². The van der Waals surface area contributed by atoms with E-state index in [0.717, 1.165) is 29.5 Å². The van der Waals surface area contributed by atoms with Gasteiger partial charge in [0.05, 0.1) is 50.6 Å². The van der Waals surface area contributed by atoms with Crippen LogP contribution in [-0.2, 0) is 23.9 Å². The quantitative estimate of drug-likeness (QED) is 0.320. The fourth-order valence-electron chi connectivity index (χ4n) is 6.63. The van der Waals surface area contributed by atoms with Gasteiger partial charge in [-0.05, 0) is 44.2 Å². The first-order valence-electron chi connectivity index (χ1n) is 15.9. The van der Waals surface area contributed by atoms with Crippen LogP contribution < -0.4 is 14.8 Å². The monoisotopic (exact) mass is 627 g/mol. The molecule has 0 spiro atoms. The Hall–Kier alpha value is -4.44. The van der Waals surface area contributed by atoms with Crippen molar-refractivity contribution in [1.82, 2.24) is 15.2 Å². The number of fused-ring (bicyclic) bond motifs is 3. The molecule has 0 bridgehead atoms. The van der Waals surface area contributed by atoms with Crippen LogP contribution in [0.25, 0.3) is 22.2 Å². The minimum atomic E-state index is -1.09. The van der Waals surface area contributed by atoms with E-state index in [4.69, 9.17) is 23.9 Å². The Balaban J connectivity index is 1.33. The van der Waals surface area contributed by atoms with Crippen LogP contribution in [0, 0.1) is 11.8 Å². The van der Waals surface area contributed by atoms with E-state index in [2.05, 4.69) is 5.32 Å². The molecule has 1 N–H and O–H groups in total. The van der Waals surface area contributed by atoms with E-state index in [1.54, 1.807) is 12.0 Å². The number of hydrogen-bond donors (Lipinski definition) is 1. The van der Waals surface area contributed by atoms with Gasteiger partial charge in [0, 0.05) is 29.5 Å². The lowest BCUT2D eigenvalue weighted by Crippen LogP contribution is -2.54. The van der Waals surface area contributed by atoms with Gasteiger partial charge < -0.3 is 29.2 Å². The third-order valence-electron chi connectivity index (χ3n) is 9.59. The van der Waals surface area contributed by atoms with Crippen molar-refractivity contribution in [3.05, 3.63) is 66.7 Å². The molecule has 3 aliphatic rings. The second kappa shape index (κ2) is 13.1. The summed E-state index contributed by atoms with van der Waals surface area (Å²) in [6.45, 7) is 4.27. The summed E-state index contributed by atoms with van der Waals surface area (Å²) in [6, 6.07) is 16.5. The Morgan fingerprint density at radius 2 is 1.87 bits per heavy atom. The summed E-state index contributed by atoms with van der Waals surface area (Å²) in [6.07, 6.45) is 5.31. The molecule has 2 aromatic carbocycles. The zero-order valence-electron chi connectivity index (χ0n) is 26.7. The van der Waals surface area contributed by atoms with Gasteiger partial charge in [-0.1, -0.05) is 49.4 Å². The number of nitrogens with one attached hydrogen (secondary N) is 1. The summed E-state index contributed by atoms with van der Waals surface area (Å²) in [5.74, 6) is -0.332. The summed E-state index contributed by atoms with van der Waals surface area (Å²) in [5.41, 5.74) is 1.26. The molecule has 3 heterocycles. The molecule has 1 saturated heterocycles. The van der Waals surface area contributed by atoms with Crippen LogP contribution in [0.3, 0.4) is 0 Å². The summed E-state index contributed by atoms with van der Waals surface area (Å²) in [5, 5.41) is 3.81. The van der Waals surface area contributed by atoms with Gasteiger partial charge in [0.1, 0.15) is 29.2 Å². The number of nitrogens with zero attached hydrogens (tertiary/aromatic N) is 2. The summed E-state index contributed by atoms with van der Waals surface area (Å²) in [7, 11) is 2.95. The summed E-state index contributed by atoms with van der Waals surface area (Å²) in [4.78, 5) is 47.4. The molecule has 6 rings (SSSR count). The van der Waals surface area contributed by atoms with Crippen LogP contribution in [0.4, 0.5) is 0 Å². The minimum Gasteiger partial charge on any atom is -0.497 e. The van der Waals surface area contributed by atoms with Gasteiger partial charge in [0.15, 0.2) is 0 Å². The first-order valence-corrected chi connectivity index (χ1v) is 15.9. The maximum atomic E-state index is 14.0. The molecular formula is C36H41N3O7. The average Bonchev–Trinajstić information content (AvgIpc) is 3.61. The van der Waals surface area contributed by atoms with Gasteiger partial charge in [-0.3, -0.25) is 9.59 Å². The highest BCUT2D eigenvalue weighted by Gasteiger charge is 2.62. The summed E-state index contributed by atoms with van der Waals surface area (Å²) < 4.78 is 23.2. The number of ether oxygens (including phenoxy) is 4. The molecule has 2 aliphatic heterocycles. The number of carbonyl (C=O) groups excluding carboxylic acids is 3. The topological polar surface area (TPSA) is 116 Å². The van der Waals surface area contributed by atoms with Gasteiger partial charge >= 0.3 is 5.97 Å². The second-order valence-corrected chi connectivity index (χ2v) is 12.5. The molecule has 1 aliphatic carbocycles. The van der Waals surface area contributed by atoms with Crippen molar-refractivity contribution in [2.24, 2.45) is 11.8 Å². The number of carbonyl (C=O) groups is 3. The molecule has 1 aromatic heterocycles. The molecule has 242 valence electrons. The number of benzene rings is 2. The number of allylic oxidation sites excluding steroid dienone is 1. The molecule has 3 aromatic rings. The molecule has 10 nitrogen and oxygen atoms in total. The van der Waals surface area contributed by atoms with E-state index >= 15 is 0 Å². The fourth-order valence-corrected chi connectivity index (χ4v) is 6.63. The molecule has 0 radical (unpaired) electrons. The SMILES string of the molecule is COC(=O)[C@@]12CC1CC/C=C/CO[C@H](C)[C@H](C)C(=O)N1C[C@H](Oc3cc(-c4ccccc4)nc4cc(OC)ccc34)C[C@H]1C(=O)N2. The van der Waals surface area contributed by atoms with Crippen molar-refractivity contribution in [2.45, 2.75) is 63.3 Å². The number of pyridine rings is 1. The molecule has 46 heavy (non-hydrogen) atoms. The van der Waals surface area contributed by atoms with E-state index in [0.29, 0.717) is 30.0 Å². The van der Waals surface area contributed by atoms with Crippen molar-refractivity contribution in [2.75, 3.05) is 27.4 Å². The lowest BCUT2D eigenvalue weighted by Gasteiger charge is -2.30. The Labute approximate surface area is 269 Å². The van der Waals surface area contributed by atoms with Crippen LogP contribution >= 0.6 is 0 Å². The Morgan fingerprint density at radius 1 is 1.07 bits per heavy atom. The number of amides is 2. The van der Waals surface area contributed by atoms with Crippen molar-refractivity contribution < 1.29 is 33.3 Å². The van der Waals surface area contributed by atoms with Crippen molar-refractivity contribution in [1.29, 1.82) is 0 Å². The normalized spacial score (nSPS) is 29.0. The van der Waals surface area contributed by atoms with E-state index in [1.165, 1.54) is 7.11 Å². The Bertz CT molecular complexity index is 1640. The standard InChI is InChI=1S/C36H41N3O7/c1-22-23(2)45-16-10-6-9-13-25-20-36(25,35(42)44-4)38-33(40)31-18-27(21-39(31)34(22)41)46-32-19-29(24-11-7-5-8-12-24)37-30-17-26(43-3)14-15-28(30)32/h5-8,10-12,14-15,17,19,22-23,25,27,31H,9,13,16,18,20-21H2,1-4H3,(H,38,40)/b10-6+/t22-,23+,25?,27+,31-,36+/m0/s1. The Morgan fingerprint density at radius 3 is 2.63 bits per heavy atom. The zero-order valence-corrected chi connectivity index (χ0v) is 26.7.